The Balaban J connectivity index is 1.82. The number of likely N-dealkylation sites (tertiary alicyclic amines) is 1. The van der Waals surface area contributed by atoms with Crippen LogP contribution in [0.15, 0.2) is 0 Å². The highest BCUT2D eigenvalue weighted by atomic mass is 16.3. The molecule has 0 radical (unpaired) electrons. The molecule has 1 aliphatic heterocycles. The molecule has 0 spiro atoms. The quantitative estimate of drug-likeness (QED) is 0.695. The Kier molecular flexibility index (Phi) is 3.26. The Labute approximate surface area is 90.6 Å². The van der Waals surface area contributed by atoms with E-state index in [4.69, 9.17) is 0 Å². The zero-order valence-corrected chi connectivity index (χ0v) is 9.28. The van der Waals surface area contributed by atoms with Gasteiger partial charge in [0.25, 0.3) is 0 Å². The summed E-state index contributed by atoms with van der Waals surface area (Å²) >= 11 is 0. The van der Waals surface area contributed by atoms with Crippen molar-refractivity contribution < 1.29 is 9.90 Å². The van der Waals surface area contributed by atoms with Crippen LogP contribution < -0.4 is 5.32 Å². The van der Waals surface area contributed by atoms with Crippen LogP contribution in [0.4, 0.5) is 0 Å². The monoisotopic (exact) mass is 212 g/mol. The standard InChI is InChI=1S/C11H20N2O2/c1-2-4-12-10-3-5-13(11(10)15)8-6-9(14)7-8/h8-10,12,14H,2-7H2,1H3. The van der Waals surface area contributed by atoms with E-state index in [0.29, 0.717) is 6.04 Å². The van der Waals surface area contributed by atoms with Gasteiger partial charge >= 0.3 is 0 Å². The Hall–Kier alpha value is -0.610. The van der Waals surface area contributed by atoms with Crippen molar-refractivity contribution in [3.63, 3.8) is 0 Å². The van der Waals surface area contributed by atoms with Crippen molar-refractivity contribution in [1.82, 2.24) is 10.2 Å². The van der Waals surface area contributed by atoms with Gasteiger partial charge in [-0.05, 0) is 32.2 Å². The average molecular weight is 212 g/mol. The summed E-state index contributed by atoms with van der Waals surface area (Å²) in [7, 11) is 0. The molecule has 4 heteroatoms. The van der Waals surface area contributed by atoms with Crippen LogP contribution in [-0.4, -0.2) is 47.2 Å². The molecule has 1 saturated heterocycles. The van der Waals surface area contributed by atoms with Crippen molar-refractivity contribution in [2.45, 2.75) is 50.8 Å². The normalized spacial score (nSPS) is 35.7. The summed E-state index contributed by atoms with van der Waals surface area (Å²) < 4.78 is 0. The van der Waals surface area contributed by atoms with Crippen LogP contribution in [0.5, 0.6) is 0 Å². The summed E-state index contributed by atoms with van der Waals surface area (Å²) in [6.07, 6.45) is 3.35. The highest BCUT2D eigenvalue weighted by Crippen LogP contribution is 2.29. The molecule has 4 nitrogen and oxygen atoms in total. The summed E-state index contributed by atoms with van der Waals surface area (Å²) in [4.78, 5) is 13.9. The van der Waals surface area contributed by atoms with Crippen molar-refractivity contribution in [3.8, 4) is 0 Å². The summed E-state index contributed by atoms with van der Waals surface area (Å²) in [6, 6.07) is 0.337. The first-order chi connectivity index (χ1) is 7.22. The number of hydrogen-bond donors (Lipinski definition) is 2. The van der Waals surface area contributed by atoms with Crippen molar-refractivity contribution in [2.75, 3.05) is 13.1 Å². The molecule has 0 aromatic carbocycles. The maximum atomic E-state index is 11.9. The second-order valence-electron chi connectivity index (χ2n) is 4.61. The molecular formula is C11H20N2O2. The topological polar surface area (TPSA) is 52.6 Å². The second-order valence-corrected chi connectivity index (χ2v) is 4.61. The lowest BCUT2D eigenvalue weighted by Gasteiger charge is -2.38. The fourth-order valence-corrected chi connectivity index (χ4v) is 2.39. The maximum absolute atomic E-state index is 11.9. The molecule has 1 amide bonds. The van der Waals surface area contributed by atoms with Crippen LogP contribution in [0.25, 0.3) is 0 Å². The predicted octanol–water partition coefficient (Wildman–Crippen LogP) is 0.110. The van der Waals surface area contributed by atoms with Crippen LogP contribution in [0.1, 0.15) is 32.6 Å². The van der Waals surface area contributed by atoms with Gasteiger partial charge in [0.05, 0.1) is 12.1 Å². The molecule has 2 rings (SSSR count). The Morgan fingerprint density at radius 1 is 1.53 bits per heavy atom. The Bertz CT molecular complexity index is 239. The van der Waals surface area contributed by atoms with Crippen molar-refractivity contribution in [1.29, 1.82) is 0 Å². The molecule has 0 bridgehead atoms. The second kappa shape index (κ2) is 4.49. The average Bonchev–Trinajstić information content (AvgIpc) is 2.52. The molecule has 1 saturated carbocycles. The third kappa shape index (κ3) is 2.16. The SMILES string of the molecule is CCCNC1CCN(C2CC(O)C2)C1=O. The van der Waals surface area contributed by atoms with Gasteiger partial charge in [-0.25, -0.2) is 0 Å². The van der Waals surface area contributed by atoms with Gasteiger partial charge in [-0.1, -0.05) is 6.92 Å². The van der Waals surface area contributed by atoms with E-state index in [9.17, 15) is 9.90 Å². The summed E-state index contributed by atoms with van der Waals surface area (Å²) in [5, 5.41) is 12.5. The fraction of sp³-hybridized carbons (Fsp3) is 0.909. The Morgan fingerprint density at radius 3 is 2.87 bits per heavy atom. The largest absolute Gasteiger partial charge is 0.393 e. The molecule has 1 atom stereocenters. The number of carbonyl (C=O) groups excluding carboxylic acids is 1. The molecule has 86 valence electrons. The summed E-state index contributed by atoms with van der Waals surface area (Å²) in [6.45, 7) is 3.88. The first kappa shape index (κ1) is 10.9. The smallest absolute Gasteiger partial charge is 0.240 e. The molecular weight excluding hydrogens is 192 g/mol. The predicted molar refractivity (Wildman–Crippen MR) is 57.4 cm³/mol. The number of hydrogen-bond acceptors (Lipinski definition) is 3. The minimum absolute atomic E-state index is 0.0303. The molecule has 1 heterocycles. The molecule has 1 unspecified atom stereocenters. The summed E-state index contributed by atoms with van der Waals surface area (Å²) in [5.74, 6) is 0.236. The van der Waals surface area contributed by atoms with Crippen molar-refractivity contribution >= 4 is 5.91 Å². The van der Waals surface area contributed by atoms with Gasteiger partial charge in [0.1, 0.15) is 0 Å². The van der Waals surface area contributed by atoms with Crippen LogP contribution in [-0.2, 0) is 4.79 Å². The maximum Gasteiger partial charge on any atom is 0.240 e. The molecule has 0 aromatic rings. The lowest BCUT2D eigenvalue weighted by molar-refractivity contribution is -0.135. The fourth-order valence-electron chi connectivity index (χ4n) is 2.39. The highest BCUT2D eigenvalue weighted by molar-refractivity contribution is 5.84. The van der Waals surface area contributed by atoms with Gasteiger partial charge in [0.2, 0.25) is 5.91 Å². The van der Waals surface area contributed by atoms with Crippen molar-refractivity contribution in [3.05, 3.63) is 0 Å². The van der Waals surface area contributed by atoms with Crippen LogP contribution in [0.2, 0.25) is 0 Å². The zero-order valence-electron chi connectivity index (χ0n) is 9.28. The van der Waals surface area contributed by atoms with Gasteiger partial charge in [0, 0.05) is 12.6 Å². The molecule has 2 N–H and O–H groups in total. The molecule has 15 heavy (non-hydrogen) atoms. The van der Waals surface area contributed by atoms with Gasteiger partial charge in [-0.2, -0.15) is 0 Å². The highest BCUT2D eigenvalue weighted by Gasteiger charge is 2.40. The molecule has 0 aromatic heterocycles. The van der Waals surface area contributed by atoms with E-state index in [2.05, 4.69) is 12.2 Å². The first-order valence-electron chi connectivity index (χ1n) is 5.94. The number of aliphatic hydroxyl groups is 1. The molecule has 1 aliphatic carbocycles. The van der Waals surface area contributed by atoms with Crippen LogP contribution >= 0.6 is 0 Å². The zero-order chi connectivity index (χ0) is 10.8. The number of nitrogens with one attached hydrogen (secondary N) is 1. The Morgan fingerprint density at radius 2 is 2.27 bits per heavy atom. The van der Waals surface area contributed by atoms with Crippen LogP contribution in [0, 0.1) is 0 Å². The van der Waals surface area contributed by atoms with Crippen molar-refractivity contribution in [2.24, 2.45) is 0 Å². The summed E-state index contributed by atoms with van der Waals surface area (Å²) in [5.41, 5.74) is 0. The van der Waals surface area contributed by atoms with E-state index in [0.717, 1.165) is 38.8 Å². The molecule has 2 fully saturated rings. The first-order valence-corrected chi connectivity index (χ1v) is 5.94. The molecule has 2 aliphatic rings. The van der Waals surface area contributed by atoms with Gasteiger partial charge in [-0.15, -0.1) is 0 Å². The minimum atomic E-state index is -0.176. The third-order valence-corrected chi connectivity index (χ3v) is 3.41. The number of carbonyl (C=O) groups is 1. The van der Waals surface area contributed by atoms with Gasteiger partial charge in [0.15, 0.2) is 0 Å². The van der Waals surface area contributed by atoms with E-state index in [-0.39, 0.29) is 18.1 Å². The van der Waals surface area contributed by atoms with E-state index in [1.54, 1.807) is 0 Å². The number of aliphatic hydroxyl groups excluding tert-OH is 1. The van der Waals surface area contributed by atoms with Crippen LogP contribution in [0.3, 0.4) is 0 Å². The number of rotatable bonds is 4. The van der Waals surface area contributed by atoms with E-state index in [1.165, 1.54) is 0 Å². The lowest BCUT2D eigenvalue weighted by Crippen LogP contribution is -2.50. The van der Waals surface area contributed by atoms with Gasteiger partial charge < -0.3 is 15.3 Å². The third-order valence-electron chi connectivity index (χ3n) is 3.41. The van der Waals surface area contributed by atoms with Gasteiger partial charge in [-0.3, -0.25) is 4.79 Å². The lowest BCUT2D eigenvalue weighted by atomic mass is 9.88. The minimum Gasteiger partial charge on any atom is -0.393 e. The van der Waals surface area contributed by atoms with E-state index in [1.807, 2.05) is 4.90 Å². The number of nitrogens with zero attached hydrogens (tertiary/aromatic N) is 1. The van der Waals surface area contributed by atoms with E-state index < -0.39 is 0 Å². The van der Waals surface area contributed by atoms with E-state index >= 15 is 0 Å². The number of amides is 1.